The predicted molar refractivity (Wildman–Crippen MR) is 59.4 cm³/mol. The van der Waals surface area contributed by atoms with Crippen molar-refractivity contribution in [1.82, 2.24) is 5.32 Å². The van der Waals surface area contributed by atoms with Crippen molar-refractivity contribution in [3.63, 3.8) is 0 Å². The number of rotatable bonds is 4. The van der Waals surface area contributed by atoms with E-state index in [-0.39, 0.29) is 17.4 Å². The van der Waals surface area contributed by atoms with Crippen LogP contribution in [0, 0.1) is 5.92 Å². The van der Waals surface area contributed by atoms with Gasteiger partial charge in [-0.3, -0.25) is 4.79 Å². The van der Waals surface area contributed by atoms with Crippen molar-refractivity contribution in [2.45, 2.75) is 45.3 Å². The highest BCUT2D eigenvalue weighted by molar-refractivity contribution is 5.81. The summed E-state index contributed by atoms with van der Waals surface area (Å²) in [6.45, 7) is 7.27. The van der Waals surface area contributed by atoms with Crippen LogP contribution in [0.15, 0.2) is 0 Å². The first-order valence-corrected chi connectivity index (χ1v) is 5.62. The highest BCUT2D eigenvalue weighted by Crippen LogP contribution is 2.23. The Kier molecular flexibility index (Phi) is 4.11. The second kappa shape index (κ2) is 4.94. The summed E-state index contributed by atoms with van der Waals surface area (Å²) in [5.74, 6) is 0.0871. The lowest BCUT2D eigenvalue weighted by molar-refractivity contribution is -0.124. The SMILES string of the molecule is CC(C)[C@@H](N)C(=O)NCC1(C)CCCO1. The lowest BCUT2D eigenvalue weighted by Gasteiger charge is -2.25. The molecule has 0 aromatic rings. The first kappa shape index (κ1) is 12.5. The van der Waals surface area contributed by atoms with Gasteiger partial charge in [-0.2, -0.15) is 0 Å². The summed E-state index contributed by atoms with van der Waals surface area (Å²) in [7, 11) is 0. The monoisotopic (exact) mass is 214 g/mol. The lowest BCUT2D eigenvalue weighted by Crippen LogP contribution is -2.48. The van der Waals surface area contributed by atoms with Crippen LogP contribution >= 0.6 is 0 Å². The molecule has 1 rings (SSSR count). The summed E-state index contributed by atoms with van der Waals surface area (Å²) in [5, 5.41) is 2.86. The van der Waals surface area contributed by atoms with E-state index in [9.17, 15) is 4.79 Å². The highest BCUT2D eigenvalue weighted by Gasteiger charge is 2.30. The van der Waals surface area contributed by atoms with E-state index >= 15 is 0 Å². The molecule has 4 nitrogen and oxygen atoms in total. The summed E-state index contributed by atoms with van der Waals surface area (Å²) in [5.41, 5.74) is 5.55. The zero-order chi connectivity index (χ0) is 11.5. The van der Waals surface area contributed by atoms with Crippen molar-refractivity contribution >= 4 is 5.91 Å². The van der Waals surface area contributed by atoms with Gasteiger partial charge in [0.1, 0.15) is 0 Å². The van der Waals surface area contributed by atoms with E-state index in [0.717, 1.165) is 19.4 Å². The van der Waals surface area contributed by atoms with E-state index in [1.807, 2.05) is 20.8 Å². The molecule has 0 aliphatic carbocycles. The van der Waals surface area contributed by atoms with Gasteiger partial charge in [-0.1, -0.05) is 13.8 Å². The third-order valence-corrected chi connectivity index (χ3v) is 2.96. The molecule has 0 saturated carbocycles. The molecule has 0 bridgehead atoms. The van der Waals surface area contributed by atoms with Crippen molar-refractivity contribution in [1.29, 1.82) is 0 Å². The predicted octanol–water partition coefficient (Wildman–Crippen LogP) is 0.655. The largest absolute Gasteiger partial charge is 0.373 e. The second-order valence-electron chi connectivity index (χ2n) is 4.89. The van der Waals surface area contributed by atoms with E-state index in [1.54, 1.807) is 0 Å². The molecule has 1 fully saturated rings. The van der Waals surface area contributed by atoms with Gasteiger partial charge in [-0.05, 0) is 25.7 Å². The number of nitrogens with one attached hydrogen (secondary N) is 1. The molecule has 1 heterocycles. The topological polar surface area (TPSA) is 64.4 Å². The second-order valence-corrected chi connectivity index (χ2v) is 4.89. The van der Waals surface area contributed by atoms with E-state index in [2.05, 4.69) is 5.32 Å². The van der Waals surface area contributed by atoms with Gasteiger partial charge in [0, 0.05) is 13.2 Å². The summed E-state index contributed by atoms with van der Waals surface area (Å²) < 4.78 is 5.58. The lowest BCUT2D eigenvalue weighted by atomic mass is 10.0. The van der Waals surface area contributed by atoms with E-state index < -0.39 is 6.04 Å². The number of carbonyl (C=O) groups is 1. The summed E-state index contributed by atoms with van der Waals surface area (Å²) in [6, 6.07) is -0.421. The van der Waals surface area contributed by atoms with Crippen LogP contribution < -0.4 is 11.1 Å². The fraction of sp³-hybridized carbons (Fsp3) is 0.909. The van der Waals surface area contributed by atoms with Crippen LogP contribution in [-0.4, -0.2) is 30.7 Å². The van der Waals surface area contributed by atoms with Crippen LogP contribution in [0.3, 0.4) is 0 Å². The molecule has 1 aliphatic heterocycles. The average Bonchev–Trinajstić information content (AvgIpc) is 2.61. The summed E-state index contributed by atoms with van der Waals surface area (Å²) >= 11 is 0. The Balaban J connectivity index is 2.33. The zero-order valence-electron chi connectivity index (χ0n) is 9.88. The number of hydrogen-bond acceptors (Lipinski definition) is 3. The molecule has 0 spiro atoms. The van der Waals surface area contributed by atoms with Crippen LogP contribution in [0.4, 0.5) is 0 Å². The molecule has 2 atom stereocenters. The van der Waals surface area contributed by atoms with Gasteiger partial charge in [0.2, 0.25) is 5.91 Å². The molecule has 1 amide bonds. The Bertz CT molecular complexity index is 223. The Morgan fingerprint density at radius 2 is 2.27 bits per heavy atom. The van der Waals surface area contributed by atoms with Crippen LogP contribution in [0.25, 0.3) is 0 Å². The Morgan fingerprint density at radius 3 is 2.73 bits per heavy atom. The number of amides is 1. The van der Waals surface area contributed by atoms with Gasteiger partial charge in [0.05, 0.1) is 11.6 Å². The minimum atomic E-state index is -0.421. The number of nitrogens with two attached hydrogens (primary N) is 1. The van der Waals surface area contributed by atoms with Crippen molar-refractivity contribution in [2.75, 3.05) is 13.2 Å². The molecule has 1 saturated heterocycles. The molecule has 88 valence electrons. The fourth-order valence-corrected chi connectivity index (χ4v) is 1.67. The highest BCUT2D eigenvalue weighted by atomic mass is 16.5. The van der Waals surface area contributed by atoms with E-state index in [0.29, 0.717) is 6.54 Å². The normalized spacial score (nSPS) is 28.1. The summed E-state index contributed by atoms with van der Waals surface area (Å²) in [4.78, 5) is 11.6. The van der Waals surface area contributed by atoms with Gasteiger partial charge in [0.15, 0.2) is 0 Å². The van der Waals surface area contributed by atoms with Crippen LogP contribution in [-0.2, 0) is 9.53 Å². The standard InChI is InChI=1S/C11H22N2O2/c1-8(2)9(12)10(14)13-7-11(3)5-4-6-15-11/h8-9H,4-7,12H2,1-3H3,(H,13,14)/t9-,11?/m1/s1. The average molecular weight is 214 g/mol. The minimum absolute atomic E-state index is 0.0817. The third-order valence-electron chi connectivity index (χ3n) is 2.96. The number of carbonyl (C=O) groups excluding carboxylic acids is 1. The summed E-state index contributed by atoms with van der Waals surface area (Å²) in [6.07, 6.45) is 2.08. The first-order valence-electron chi connectivity index (χ1n) is 5.62. The molecule has 3 N–H and O–H groups in total. The van der Waals surface area contributed by atoms with Crippen LogP contribution in [0.5, 0.6) is 0 Å². The minimum Gasteiger partial charge on any atom is -0.373 e. The molecule has 4 heteroatoms. The zero-order valence-corrected chi connectivity index (χ0v) is 9.88. The third kappa shape index (κ3) is 3.47. The fourth-order valence-electron chi connectivity index (χ4n) is 1.67. The first-order chi connectivity index (χ1) is 6.94. The molecular weight excluding hydrogens is 192 g/mol. The Morgan fingerprint density at radius 1 is 1.60 bits per heavy atom. The van der Waals surface area contributed by atoms with Crippen molar-refractivity contribution in [2.24, 2.45) is 11.7 Å². The molecule has 1 unspecified atom stereocenters. The molecule has 0 aromatic carbocycles. The number of hydrogen-bond donors (Lipinski definition) is 2. The molecular formula is C11H22N2O2. The number of ether oxygens (including phenoxy) is 1. The van der Waals surface area contributed by atoms with Crippen LogP contribution in [0.1, 0.15) is 33.6 Å². The smallest absolute Gasteiger partial charge is 0.237 e. The molecule has 0 radical (unpaired) electrons. The van der Waals surface area contributed by atoms with E-state index in [4.69, 9.17) is 10.5 Å². The van der Waals surface area contributed by atoms with Gasteiger partial charge >= 0.3 is 0 Å². The quantitative estimate of drug-likeness (QED) is 0.722. The van der Waals surface area contributed by atoms with E-state index in [1.165, 1.54) is 0 Å². The molecule has 0 aromatic heterocycles. The van der Waals surface area contributed by atoms with Gasteiger partial charge in [-0.15, -0.1) is 0 Å². The van der Waals surface area contributed by atoms with Gasteiger partial charge < -0.3 is 15.8 Å². The Labute approximate surface area is 91.5 Å². The van der Waals surface area contributed by atoms with Crippen molar-refractivity contribution in [3.05, 3.63) is 0 Å². The van der Waals surface area contributed by atoms with Gasteiger partial charge in [-0.25, -0.2) is 0 Å². The van der Waals surface area contributed by atoms with Crippen molar-refractivity contribution < 1.29 is 9.53 Å². The molecule has 1 aliphatic rings. The maximum atomic E-state index is 11.6. The maximum absolute atomic E-state index is 11.6. The van der Waals surface area contributed by atoms with Crippen molar-refractivity contribution in [3.8, 4) is 0 Å². The Hall–Kier alpha value is -0.610. The molecule has 15 heavy (non-hydrogen) atoms. The van der Waals surface area contributed by atoms with Gasteiger partial charge in [0.25, 0.3) is 0 Å². The van der Waals surface area contributed by atoms with Crippen LogP contribution in [0.2, 0.25) is 0 Å². The maximum Gasteiger partial charge on any atom is 0.237 e.